The lowest BCUT2D eigenvalue weighted by atomic mass is 9.86. The second-order valence-corrected chi connectivity index (χ2v) is 6.54. The maximum absolute atomic E-state index is 9.14. The van der Waals surface area contributed by atoms with E-state index in [2.05, 4.69) is 41.3 Å². The number of fused-ring (bicyclic) bond motifs is 3. The van der Waals surface area contributed by atoms with Crippen molar-refractivity contribution in [2.24, 2.45) is 5.92 Å². The zero-order valence-electron chi connectivity index (χ0n) is 13.5. The van der Waals surface area contributed by atoms with Crippen LogP contribution in [0.1, 0.15) is 22.6 Å². The number of likely N-dealkylation sites (tertiary alicyclic amines) is 1. The zero-order valence-corrected chi connectivity index (χ0v) is 14.3. The van der Waals surface area contributed by atoms with Gasteiger partial charge in [-0.2, -0.15) is 5.26 Å². The summed E-state index contributed by atoms with van der Waals surface area (Å²) in [5.41, 5.74) is 3.35. The molecule has 1 saturated heterocycles. The van der Waals surface area contributed by atoms with Crippen LogP contribution in [0.15, 0.2) is 48.5 Å². The SMILES string of the molecule is Cl.N#Cc1ccc2c(c1)C1CN(CCc3ccccc3)CC1CO2. The first-order valence-corrected chi connectivity index (χ1v) is 8.26. The average Bonchev–Trinajstić information content (AvgIpc) is 3.04. The molecule has 2 aliphatic heterocycles. The first-order valence-electron chi connectivity index (χ1n) is 8.26. The highest BCUT2D eigenvalue weighted by Gasteiger charge is 2.38. The van der Waals surface area contributed by atoms with E-state index in [-0.39, 0.29) is 12.4 Å². The Morgan fingerprint density at radius 2 is 1.96 bits per heavy atom. The van der Waals surface area contributed by atoms with Crippen molar-refractivity contribution in [2.75, 3.05) is 26.2 Å². The number of rotatable bonds is 3. The fraction of sp³-hybridized carbons (Fsp3) is 0.350. The Kier molecular flexibility index (Phi) is 5.08. The van der Waals surface area contributed by atoms with Gasteiger partial charge in [0.2, 0.25) is 0 Å². The smallest absolute Gasteiger partial charge is 0.122 e. The number of nitriles is 1. The molecule has 0 aromatic heterocycles. The topological polar surface area (TPSA) is 36.3 Å². The minimum Gasteiger partial charge on any atom is -0.493 e. The Labute approximate surface area is 149 Å². The molecule has 0 radical (unpaired) electrons. The van der Waals surface area contributed by atoms with E-state index in [9.17, 15) is 0 Å². The molecule has 0 saturated carbocycles. The molecule has 124 valence electrons. The Morgan fingerprint density at radius 3 is 2.75 bits per heavy atom. The minimum atomic E-state index is 0. The van der Waals surface area contributed by atoms with Crippen molar-refractivity contribution in [2.45, 2.75) is 12.3 Å². The third-order valence-electron chi connectivity index (χ3n) is 5.07. The summed E-state index contributed by atoms with van der Waals surface area (Å²) < 4.78 is 5.91. The van der Waals surface area contributed by atoms with E-state index < -0.39 is 0 Å². The van der Waals surface area contributed by atoms with Crippen LogP contribution in [0.5, 0.6) is 5.75 Å². The van der Waals surface area contributed by atoms with Gasteiger partial charge in [-0.05, 0) is 30.2 Å². The van der Waals surface area contributed by atoms with E-state index in [0.717, 1.165) is 44.0 Å². The summed E-state index contributed by atoms with van der Waals surface area (Å²) in [6.07, 6.45) is 1.09. The van der Waals surface area contributed by atoms with Gasteiger partial charge in [-0.1, -0.05) is 30.3 Å². The Morgan fingerprint density at radius 1 is 1.12 bits per heavy atom. The lowest BCUT2D eigenvalue weighted by Gasteiger charge is -2.27. The molecule has 4 rings (SSSR count). The van der Waals surface area contributed by atoms with Crippen LogP contribution in [-0.2, 0) is 6.42 Å². The third kappa shape index (κ3) is 3.26. The van der Waals surface area contributed by atoms with Gasteiger partial charge in [0.25, 0.3) is 0 Å². The molecule has 4 heteroatoms. The van der Waals surface area contributed by atoms with Crippen LogP contribution in [0.25, 0.3) is 0 Å². The van der Waals surface area contributed by atoms with E-state index in [1.54, 1.807) is 0 Å². The van der Waals surface area contributed by atoms with Gasteiger partial charge in [-0.3, -0.25) is 0 Å². The van der Waals surface area contributed by atoms with Crippen molar-refractivity contribution in [3.8, 4) is 11.8 Å². The van der Waals surface area contributed by atoms with Gasteiger partial charge in [-0.15, -0.1) is 12.4 Å². The van der Waals surface area contributed by atoms with Crippen LogP contribution < -0.4 is 4.74 Å². The van der Waals surface area contributed by atoms with Gasteiger partial charge in [0.1, 0.15) is 5.75 Å². The standard InChI is InChI=1S/C20H20N2O.ClH/c21-11-16-6-7-20-18(10-16)19-13-22(12-17(19)14-23-20)9-8-15-4-2-1-3-5-15;/h1-7,10,17,19H,8-9,12-14H2;1H. The van der Waals surface area contributed by atoms with Gasteiger partial charge in [0, 0.05) is 37.0 Å². The first-order chi connectivity index (χ1) is 11.3. The summed E-state index contributed by atoms with van der Waals surface area (Å²) in [5.74, 6) is 2.02. The van der Waals surface area contributed by atoms with Crippen LogP contribution in [0.4, 0.5) is 0 Å². The molecule has 2 aliphatic rings. The predicted octanol–water partition coefficient (Wildman–Crippen LogP) is 3.63. The van der Waals surface area contributed by atoms with E-state index in [1.807, 2.05) is 18.2 Å². The van der Waals surface area contributed by atoms with Crippen LogP contribution in [-0.4, -0.2) is 31.1 Å². The number of hydrogen-bond acceptors (Lipinski definition) is 3. The van der Waals surface area contributed by atoms with E-state index >= 15 is 0 Å². The predicted molar refractivity (Wildman–Crippen MR) is 96.7 cm³/mol. The molecule has 2 aromatic rings. The van der Waals surface area contributed by atoms with Crippen molar-refractivity contribution in [3.63, 3.8) is 0 Å². The fourth-order valence-corrected chi connectivity index (χ4v) is 3.83. The summed E-state index contributed by atoms with van der Waals surface area (Å²) >= 11 is 0. The molecule has 0 spiro atoms. The lowest BCUT2D eigenvalue weighted by Crippen LogP contribution is -2.25. The Balaban J connectivity index is 0.00000169. The molecule has 2 aromatic carbocycles. The number of halogens is 1. The molecule has 0 bridgehead atoms. The van der Waals surface area contributed by atoms with Crippen molar-refractivity contribution >= 4 is 12.4 Å². The monoisotopic (exact) mass is 340 g/mol. The molecule has 0 aliphatic carbocycles. The van der Waals surface area contributed by atoms with Crippen LogP contribution >= 0.6 is 12.4 Å². The largest absolute Gasteiger partial charge is 0.493 e. The normalized spacial score (nSPS) is 21.8. The second-order valence-electron chi connectivity index (χ2n) is 6.54. The summed E-state index contributed by atoms with van der Waals surface area (Å²) in [6.45, 7) is 4.05. The summed E-state index contributed by atoms with van der Waals surface area (Å²) in [4.78, 5) is 2.54. The maximum atomic E-state index is 9.14. The Bertz CT molecular complexity index is 741. The second kappa shape index (κ2) is 7.25. The quantitative estimate of drug-likeness (QED) is 0.856. The molecule has 0 N–H and O–H groups in total. The van der Waals surface area contributed by atoms with E-state index in [1.165, 1.54) is 11.1 Å². The summed E-state index contributed by atoms with van der Waals surface area (Å²) in [6, 6.07) is 18.7. The zero-order chi connectivity index (χ0) is 15.6. The van der Waals surface area contributed by atoms with Crippen molar-refractivity contribution < 1.29 is 4.74 Å². The average molecular weight is 341 g/mol. The molecule has 0 amide bonds. The number of ether oxygens (including phenoxy) is 1. The van der Waals surface area contributed by atoms with Crippen LogP contribution in [0.3, 0.4) is 0 Å². The minimum absolute atomic E-state index is 0. The lowest BCUT2D eigenvalue weighted by molar-refractivity contribution is 0.213. The van der Waals surface area contributed by atoms with Crippen LogP contribution in [0, 0.1) is 17.2 Å². The van der Waals surface area contributed by atoms with E-state index in [0.29, 0.717) is 11.8 Å². The molecule has 2 atom stereocenters. The van der Waals surface area contributed by atoms with Crippen molar-refractivity contribution in [3.05, 3.63) is 65.2 Å². The Hall–Kier alpha value is -2.02. The van der Waals surface area contributed by atoms with Crippen molar-refractivity contribution in [1.29, 1.82) is 5.26 Å². The number of nitrogens with zero attached hydrogens (tertiary/aromatic N) is 2. The van der Waals surface area contributed by atoms with Gasteiger partial charge in [0.15, 0.2) is 0 Å². The van der Waals surface area contributed by atoms with Crippen molar-refractivity contribution in [1.82, 2.24) is 4.90 Å². The summed E-state index contributed by atoms with van der Waals surface area (Å²) in [7, 11) is 0. The van der Waals surface area contributed by atoms with E-state index in [4.69, 9.17) is 10.00 Å². The summed E-state index contributed by atoms with van der Waals surface area (Å²) in [5, 5.41) is 9.14. The molecule has 1 fully saturated rings. The van der Waals surface area contributed by atoms with Gasteiger partial charge < -0.3 is 9.64 Å². The molecule has 24 heavy (non-hydrogen) atoms. The molecule has 3 nitrogen and oxygen atoms in total. The van der Waals surface area contributed by atoms with Gasteiger partial charge in [0.05, 0.1) is 18.2 Å². The molecular formula is C20H21ClN2O. The third-order valence-corrected chi connectivity index (χ3v) is 5.07. The molecule has 2 heterocycles. The van der Waals surface area contributed by atoms with Crippen LogP contribution in [0.2, 0.25) is 0 Å². The fourth-order valence-electron chi connectivity index (χ4n) is 3.83. The highest BCUT2D eigenvalue weighted by Crippen LogP contribution is 2.41. The number of hydrogen-bond donors (Lipinski definition) is 0. The van der Waals surface area contributed by atoms with Gasteiger partial charge >= 0.3 is 0 Å². The molecule has 2 unspecified atom stereocenters. The molecular weight excluding hydrogens is 320 g/mol. The van der Waals surface area contributed by atoms with Gasteiger partial charge in [-0.25, -0.2) is 0 Å². The first kappa shape index (κ1) is 16.8. The highest BCUT2D eigenvalue weighted by molar-refractivity contribution is 5.85. The number of benzene rings is 2. The highest BCUT2D eigenvalue weighted by atomic mass is 35.5. The maximum Gasteiger partial charge on any atom is 0.122 e.